The van der Waals surface area contributed by atoms with Crippen molar-refractivity contribution in [3.63, 3.8) is 0 Å². The van der Waals surface area contributed by atoms with Crippen LogP contribution < -0.4 is 0 Å². The molecule has 1 aromatic rings. The molecule has 0 spiro atoms. The SMILES string of the molecule is CCC(C)CSCc1cc(F)cc(/C=C/C(=O)O)c1. The van der Waals surface area contributed by atoms with Gasteiger partial charge in [0.25, 0.3) is 0 Å². The van der Waals surface area contributed by atoms with Crippen LogP contribution in [0.15, 0.2) is 24.3 Å². The smallest absolute Gasteiger partial charge is 0.328 e. The molecule has 0 aromatic heterocycles. The lowest BCUT2D eigenvalue weighted by Gasteiger charge is -2.08. The van der Waals surface area contributed by atoms with Crippen LogP contribution in [0.2, 0.25) is 0 Å². The molecule has 1 unspecified atom stereocenters. The first-order valence-corrected chi connectivity index (χ1v) is 7.45. The van der Waals surface area contributed by atoms with Crippen molar-refractivity contribution in [1.29, 1.82) is 0 Å². The molecule has 0 aliphatic rings. The van der Waals surface area contributed by atoms with Crippen LogP contribution in [-0.2, 0) is 10.5 Å². The van der Waals surface area contributed by atoms with Crippen molar-refractivity contribution in [3.8, 4) is 0 Å². The van der Waals surface area contributed by atoms with Crippen molar-refractivity contribution >= 4 is 23.8 Å². The number of carbonyl (C=O) groups is 1. The highest BCUT2D eigenvalue weighted by atomic mass is 32.2. The van der Waals surface area contributed by atoms with Gasteiger partial charge in [-0.3, -0.25) is 0 Å². The number of hydrogen-bond acceptors (Lipinski definition) is 2. The summed E-state index contributed by atoms with van der Waals surface area (Å²) in [7, 11) is 0. The maximum Gasteiger partial charge on any atom is 0.328 e. The fraction of sp³-hybridized carbons (Fsp3) is 0.400. The van der Waals surface area contributed by atoms with Gasteiger partial charge in [0.1, 0.15) is 5.82 Å². The summed E-state index contributed by atoms with van der Waals surface area (Å²) in [5.74, 6) is 1.09. The second-order valence-electron chi connectivity index (χ2n) is 4.59. The number of rotatable bonds is 7. The Balaban J connectivity index is 2.66. The van der Waals surface area contributed by atoms with Crippen molar-refractivity contribution in [2.24, 2.45) is 5.92 Å². The highest BCUT2D eigenvalue weighted by Gasteiger charge is 2.02. The van der Waals surface area contributed by atoms with Crippen LogP contribution in [0.3, 0.4) is 0 Å². The molecule has 1 N–H and O–H groups in total. The van der Waals surface area contributed by atoms with Crippen molar-refractivity contribution < 1.29 is 14.3 Å². The predicted molar refractivity (Wildman–Crippen MR) is 78.7 cm³/mol. The molecule has 0 aliphatic carbocycles. The first kappa shape index (κ1) is 15.8. The summed E-state index contributed by atoms with van der Waals surface area (Å²) < 4.78 is 13.4. The summed E-state index contributed by atoms with van der Waals surface area (Å²) in [4.78, 5) is 10.4. The molecule has 0 saturated carbocycles. The minimum absolute atomic E-state index is 0.327. The highest BCUT2D eigenvalue weighted by Crippen LogP contribution is 2.19. The number of carboxylic acid groups (broad SMARTS) is 1. The molecule has 104 valence electrons. The lowest BCUT2D eigenvalue weighted by molar-refractivity contribution is -0.131. The molecule has 1 aromatic carbocycles. The van der Waals surface area contributed by atoms with Gasteiger partial charge >= 0.3 is 5.97 Å². The number of thioether (sulfide) groups is 1. The Morgan fingerprint density at radius 3 is 2.84 bits per heavy atom. The van der Waals surface area contributed by atoms with Crippen LogP contribution in [0.5, 0.6) is 0 Å². The highest BCUT2D eigenvalue weighted by molar-refractivity contribution is 7.98. The van der Waals surface area contributed by atoms with Gasteiger partial charge < -0.3 is 5.11 Å². The van der Waals surface area contributed by atoms with E-state index in [-0.39, 0.29) is 5.82 Å². The van der Waals surface area contributed by atoms with Crippen LogP contribution in [0, 0.1) is 11.7 Å². The standard InChI is InChI=1S/C15H19FO2S/c1-3-11(2)9-19-10-13-6-12(4-5-15(17)18)7-14(16)8-13/h4-8,11H,3,9-10H2,1-2H3,(H,17,18)/b5-4+. The van der Waals surface area contributed by atoms with E-state index >= 15 is 0 Å². The molecule has 0 saturated heterocycles. The van der Waals surface area contributed by atoms with Crippen LogP contribution in [0.1, 0.15) is 31.4 Å². The van der Waals surface area contributed by atoms with Gasteiger partial charge in [0.15, 0.2) is 0 Å². The van der Waals surface area contributed by atoms with Crippen LogP contribution >= 0.6 is 11.8 Å². The molecule has 2 nitrogen and oxygen atoms in total. The zero-order valence-electron chi connectivity index (χ0n) is 11.2. The summed E-state index contributed by atoms with van der Waals surface area (Å²) in [5, 5.41) is 8.56. The molecular weight excluding hydrogens is 263 g/mol. The van der Waals surface area contributed by atoms with Gasteiger partial charge in [0, 0.05) is 11.8 Å². The van der Waals surface area contributed by atoms with Crippen molar-refractivity contribution in [2.75, 3.05) is 5.75 Å². The zero-order valence-corrected chi connectivity index (χ0v) is 12.0. The maximum atomic E-state index is 13.4. The van der Waals surface area contributed by atoms with Crippen molar-refractivity contribution in [1.82, 2.24) is 0 Å². The summed E-state index contributed by atoms with van der Waals surface area (Å²) >= 11 is 1.77. The molecule has 0 bridgehead atoms. The van der Waals surface area contributed by atoms with Gasteiger partial charge in [-0.2, -0.15) is 11.8 Å². The monoisotopic (exact) mass is 282 g/mol. The molecule has 0 amide bonds. The third kappa shape index (κ3) is 6.43. The van der Waals surface area contributed by atoms with E-state index in [4.69, 9.17) is 5.11 Å². The molecular formula is C15H19FO2S. The Hall–Kier alpha value is -1.29. The Kier molecular flexibility index (Phi) is 6.64. The summed E-state index contributed by atoms with van der Waals surface area (Å²) in [6.45, 7) is 4.35. The predicted octanol–water partition coefficient (Wildman–Crippen LogP) is 4.20. The van der Waals surface area contributed by atoms with Crippen molar-refractivity contribution in [3.05, 3.63) is 41.2 Å². The zero-order chi connectivity index (χ0) is 14.3. The van der Waals surface area contributed by atoms with Gasteiger partial charge in [-0.05, 0) is 41.0 Å². The first-order chi connectivity index (χ1) is 9.01. The minimum atomic E-state index is -1.03. The number of halogens is 1. The molecule has 0 aliphatic heterocycles. The van der Waals surface area contributed by atoms with E-state index in [2.05, 4.69) is 13.8 Å². The average molecular weight is 282 g/mol. The normalized spacial score (nSPS) is 12.8. The minimum Gasteiger partial charge on any atom is -0.478 e. The van der Waals surface area contributed by atoms with Crippen LogP contribution in [0.25, 0.3) is 6.08 Å². The van der Waals surface area contributed by atoms with Gasteiger partial charge in [-0.15, -0.1) is 0 Å². The Bertz CT molecular complexity index is 457. The Morgan fingerprint density at radius 2 is 2.21 bits per heavy atom. The van der Waals surface area contributed by atoms with E-state index < -0.39 is 5.97 Å². The van der Waals surface area contributed by atoms with Crippen LogP contribution in [0.4, 0.5) is 4.39 Å². The van der Waals surface area contributed by atoms with E-state index in [1.54, 1.807) is 11.8 Å². The fourth-order valence-electron chi connectivity index (χ4n) is 1.52. The summed E-state index contributed by atoms with van der Waals surface area (Å²) in [5.41, 5.74) is 1.47. The Morgan fingerprint density at radius 1 is 1.47 bits per heavy atom. The lowest BCUT2D eigenvalue weighted by atomic mass is 10.1. The van der Waals surface area contributed by atoms with Gasteiger partial charge in [0.2, 0.25) is 0 Å². The van der Waals surface area contributed by atoms with Crippen LogP contribution in [-0.4, -0.2) is 16.8 Å². The van der Waals surface area contributed by atoms with E-state index in [1.807, 2.05) is 6.07 Å². The number of carboxylic acids is 1. The lowest BCUT2D eigenvalue weighted by Crippen LogP contribution is -1.96. The number of aliphatic carboxylic acids is 1. The molecule has 0 fully saturated rings. The number of benzene rings is 1. The van der Waals surface area contributed by atoms with Crippen molar-refractivity contribution in [2.45, 2.75) is 26.0 Å². The summed E-state index contributed by atoms with van der Waals surface area (Å²) in [6.07, 6.45) is 3.57. The molecule has 4 heteroatoms. The van der Waals surface area contributed by atoms with Gasteiger partial charge in [0.05, 0.1) is 0 Å². The van der Waals surface area contributed by atoms with E-state index in [0.29, 0.717) is 11.5 Å². The third-order valence-electron chi connectivity index (χ3n) is 2.77. The maximum absolute atomic E-state index is 13.4. The largest absolute Gasteiger partial charge is 0.478 e. The first-order valence-electron chi connectivity index (χ1n) is 6.29. The second-order valence-corrected chi connectivity index (χ2v) is 5.62. The molecule has 19 heavy (non-hydrogen) atoms. The van der Waals surface area contributed by atoms with E-state index in [1.165, 1.54) is 18.2 Å². The quantitative estimate of drug-likeness (QED) is 0.761. The topological polar surface area (TPSA) is 37.3 Å². The molecule has 1 atom stereocenters. The third-order valence-corrected chi connectivity index (χ3v) is 4.11. The molecule has 0 radical (unpaired) electrons. The average Bonchev–Trinajstić information content (AvgIpc) is 2.35. The van der Waals surface area contributed by atoms with Gasteiger partial charge in [-0.25, -0.2) is 9.18 Å². The fourth-order valence-corrected chi connectivity index (χ4v) is 2.68. The molecule has 1 rings (SSSR count). The number of hydrogen-bond donors (Lipinski definition) is 1. The second kappa shape index (κ2) is 8.00. The van der Waals surface area contributed by atoms with E-state index in [9.17, 15) is 9.18 Å². The summed E-state index contributed by atoms with van der Waals surface area (Å²) in [6, 6.07) is 4.66. The molecule has 0 heterocycles. The van der Waals surface area contributed by atoms with E-state index in [0.717, 1.165) is 29.6 Å². The van der Waals surface area contributed by atoms with Gasteiger partial charge in [-0.1, -0.05) is 26.3 Å². The Labute approximate surface area is 117 Å².